The van der Waals surface area contributed by atoms with Crippen LogP contribution in [0.3, 0.4) is 0 Å². The van der Waals surface area contributed by atoms with Crippen LogP contribution in [0.4, 0.5) is 0 Å². The summed E-state index contributed by atoms with van der Waals surface area (Å²) < 4.78 is 18.8. The average Bonchev–Trinajstić information content (AvgIpc) is 3.13. The molecular formula is C47H78O18. The predicted octanol–water partition coefficient (Wildman–Crippen LogP) is 1.50. The molecule has 0 amide bonds. The van der Waals surface area contributed by atoms with E-state index in [1.807, 2.05) is 0 Å². The van der Waals surface area contributed by atoms with E-state index in [9.17, 15) is 50.4 Å². The number of rotatable bonds is 11. The quantitative estimate of drug-likeness (QED) is 0.146. The molecule has 0 aromatic carbocycles. The van der Waals surface area contributed by atoms with Gasteiger partial charge in [-0.3, -0.25) is 33.6 Å². The number of carbonyl (C=O) groups is 7. The summed E-state index contributed by atoms with van der Waals surface area (Å²) in [6, 6.07) is 0. The molecular weight excluding hydrogens is 852 g/mol. The second-order valence-corrected chi connectivity index (χ2v) is 25.1. The summed E-state index contributed by atoms with van der Waals surface area (Å²) in [5, 5.41) is 102. The fourth-order valence-corrected chi connectivity index (χ4v) is 8.86. The summed E-state index contributed by atoms with van der Waals surface area (Å²) in [5.41, 5.74) is -35.8. The van der Waals surface area contributed by atoms with Gasteiger partial charge in [-0.05, 0) is 0 Å². The van der Waals surface area contributed by atoms with Crippen LogP contribution in [0.2, 0.25) is 0 Å². The van der Waals surface area contributed by atoms with Gasteiger partial charge in [-0.15, -0.1) is 0 Å². The van der Waals surface area contributed by atoms with E-state index in [0.717, 1.165) is 104 Å². The standard InChI is InChI=1S/C47H78O18/c1-34(2,3)27(51)41(58)26(50)24(22-48)63-47(33(57)40(19,20)21,43(41,59)29(53)36(7,8)9)65-42(28(52)35(4,5)6)25(23-49)64-46(62,32(56)39(16,17)18)45(61,31(55)38(13,14)15)44(42,60)30(54)37(10,11)12/h24-26,48-50,58-62H,22-23H2,1-21H3/t24-,25-,26+,41-,42+,43-,44+,45-,46?,47+/m1/s1. The van der Waals surface area contributed by atoms with Gasteiger partial charge >= 0.3 is 0 Å². The second kappa shape index (κ2) is 16.5. The molecule has 10 atom stereocenters. The van der Waals surface area contributed by atoms with Crippen LogP contribution in [0.1, 0.15) is 145 Å². The van der Waals surface area contributed by atoms with E-state index in [4.69, 9.17) is 14.2 Å². The molecule has 0 spiro atoms. The summed E-state index contributed by atoms with van der Waals surface area (Å²) in [4.78, 5) is 108. The fourth-order valence-electron chi connectivity index (χ4n) is 8.86. The zero-order valence-electron chi connectivity index (χ0n) is 42.3. The Morgan fingerprint density at radius 1 is 0.431 bits per heavy atom. The number of ether oxygens (including phenoxy) is 3. The van der Waals surface area contributed by atoms with E-state index < -0.39 is 149 Å². The Morgan fingerprint density at radius 3 is 1.06 bits per heavy atom. The topological polar surface area (TPSA) is 309 Å². The SMILES string of the molecule is CC(C)(C)C(=O)C1(O)O[C@H](CO)[C@](O[C@]2(C(=O)C(C)(C)C)O[C@H](CO)[C@H](O)[C@@](O)(C(=O)C(C)(C)C)[C@]2(O)C(=O)C(C)(C)C)(C(=O)C(C)(C)C)[C@@](O)(C(=O)C(C)(C)C)[C@]1(O)C(=O)C(C)(C)C. The largest absolute Gasteiger partial charge is 0.394 e. The Bertz CT molecular complexity index is 1960. The van der Waals surface area contributed by atoms with Crippen LogP contribution in [-0.2, 0) is 47.8 Å². The van der Waals surface area contributed by atoms with Crippen LogP contribution in [-0.4, -0.2) is 152 Å². The number of Topliss-reactive ketones (excluding diaryl/α,β-unsaturated/α-hetero) is 7. The van der Waals surface area contributed by atoms with Crippen LogP contribution in [0.15, 0.2) is 0 Å². The molecule has 18 nitrogen and oxygen atoms in total. The van der Waals surface area contributed by atoms with Gasteiger partial charge in [-0.1, -0.05) is 145 Å². The van der Waals surface area contributed by atoms with Crippen molar-refractivity contribution in [2.24, 2.45) is 37.9 Å². The van der Waals surface area contributed by atoms with Crippen LogP contribution >= 0.6 is 0 Å². The number of aliphatic hydroxyl groups is 8. The van der Waals surface area contributed by atoms with Gasteiger partial charge in [0.25, 0.3) is 11.6 Å². The first-order chi connectivity index (χ1) is 28.3. The van der Waals surface area contributed by atoms with E-state index in [-0.39, 0.29) is 0 Å². The molecule has 2 aliphatic heterocycles. The summed E-state index contributed by atoms with van der Waals surface area (Å²) >= 11 is 0. The highest BCUT2D eigenvalue weighted by atomic mass is 16.8. The molecule has 0 aliphatic carbocycles. The summed E-state index contributed by atoms with van der Waals surface area (Å²) in [7, 11) is 0. The third-order valence-electron chi connectivity index (χ3n) is 12.1. The van der Waals surface area contributed by atoms with E-state index in [0.29, 0.717) is 0 Å². The monoisotopic (exact) mass is 931 g/mol. The van der Waals surface area contributed by atoms with Crippen molar-refractivity contribution < 1.29 is 88.6 Å². The van der Waals surface area contributed by atoms with E-state index in [1.54, 1.807) is 0 Å². The molecule has 2 heterocycles. The van der Waals surface area contributed by atoms with Crippen molar-refractivity contribution in [2.75, 3.05) is 13.2 Å². The highest BCUT2D eigenvalue weighted by molar-refractivity contribution is 6.15. The third kappa shape index (κ3) is 8.17. The second-order valence-electron chi connectivity index (χ2n) is 25.1. The Labute approximate surface area is 382 Å². The molecule has 2 fully saturated rings. The lowest BCUT2D eigenvalue weighted by atomic mass is 9.49. The smallest absolute Gasteiger partial charge is 0.271 e. The molecule has 0 aromatic heterocycles. The molecule has 0 aromatic rings. The molecule has 65 heavy (non-hydrogen) atoms. The number of hydrogen-bond acceptors (Lipinski definition) is 18. The molecule has 0 saturated carbocycles. The number of hydrogen-bond donors (Lipinski definition) is 8. The first kappa shape index (κ1) is 58.4. The van der Waals surface area contributed by atoms with Crippen molar-refractivity contribution in [1.82, 2.24) is 0 Å². The van der Waals surface area contributed by atoms with E-state index in [1.165, 1.54) is 41.5 Å². The van der Waals surface area contributed by atoms with E-state index in [2.05, 4.69) is 0 Å². The third-order valence-corrected chi connectivity index (χ3v) is 12.1. The molecule has 0 radical (unpaired) electrons. The zero-order valence-corrected chi connectivity index (χ0v) is 42.3. The van der Waals surface area contributed by atoms with Crippen LogP contribution in [0, 0.1) is 37.9 Å². The lowest BCUT2D eigenvalue weighted by Gasteiger charge is -2.68. The van der Waals surface area contributed by atoms with Crippen LogP contribution < -0.4 is 0 Å². The zero-order chi connectivity index (χ0) is 52.3. The highest BCUT2D eigenvalue weighted by Gasteiger charge is 2.92. The van der Waals surface area contributed by atoms with Gasteiger partial charge in [-0.25, -0.2) is 0 Å². The number of aliphatic hydroxyl groups excluding tert-OH is 3. The maximum Gasteiger partial charge on any atom is 0.271 e. The number of carbonyl (C=O) groups excluding carboxylic acids is 7. The first-order valence-electron chi connectivity index (χ1n) is 21.7. The van der Waals surface area contributed by atoms with Gasteiger partial charge in [0.05, 0.1) is 13.2 Å². The highest BCUT2D eigenvalue weighted by Crippen LogP contribution is 2.62. The van der Waals surface area contributed by atoms with Crippen molar-refractivity contribution in [1.29, 1.82) is 0 Å². The first-order valence-corrected chi connectivity index (χ1v) is 21.7. The number of ketones is 7. The van der Waals surface area contributed by atoms with Crippen LogP contribution in [0.5, 0.6) is 0 Å². The minimum absolute atomic E-state index is 1.13. The average molecular weight is 931 g/mol. The van der Waals surface area contributed by atoms with Crippen LogP contribution in [0.25, 0.3) is 0 Å². The van der Waals surface area contributed by atoms with Gasteiger partial charge in [0.15, 0.2) is 40.1 Å². The lowest BCUT2D eigenvalue weighted by Crippen LogP contribution is -2.96. The fraction of sp³-hybridized carbons (Fsp3) is 0.851. The maximum absolute atomic E-state index is 16.1. The minimum Gasteiger partial charge on any atom is -0.394 e. The van der Waals surface area contributed by atoms with Crippen molar-refractivity contribution in [2.45, 2.75) is 203 Å². The van der Waals surface area contributed by atoms with E-state index >= 15 is 24.0 Å². The van der Waals surface area contributed by atoms with Gasteiger partial charge in [-0.2, -0.15) is 0 Å². The Kier molecular flexibility index (Phi) is 14.8. The summed E-state index contributed by atoms with van der Waals surface area (Å²) in [6.07, 6.45) is -8.25. The molecule has 2 rings (SSSR count). The Balaban J connectivity index is 4.01. The molecule has 18 heteroatoms. The Morgan fingerprint density at radius 2 is 0.754 bits per heavy atom. The summed E-state index contributed by atoms with van der Waals surface area (Å²) in [5.74, 6) is -20.3. The van der Waals surface area contributed by atoms with Gasteiger partial charge < -0.3 is 55.1 Å². The van der Waals surface area contributed by atoms with Gasteiger partial charge in [0.1, 0.15) is 18.3 Å². The van der Waals surface area contributed by atoms with Crippen molar-refractivity contribution in [3.8, 4) is 0 Å². The predicted molar refractivity (Wildman–Crippen MR) is 232 cm³/mol. The van der Waals surface area contributed by atoms with Crippen molar-refractivity contribution in [3.05, 3.63) is 0 Å². The molecule has 1 unspecified atom stereocenters. The molecule has 2 saturated heterocycles. The molecule has 374 valence electrons. The lowest BCUT2D eigenvalue weighted by molar-refractivity contribution is -0.455. The minimum atomic E-state index is -4.55. The summed E-state index contributed by atoms with van der Waals surface area (Å²) in [6.45, 7) is 21.2. The normalized spacial score (nSPS) is 35.6. The molecule has 2 aliphatic rings. The molecule has 8 N–H and O–H groups in total. The Hall–Kier alpha value is -2.75. The van der Waals surface area contributed by atoms with Gasteiger partial charge in [0, 0.05) is 37.9 Å². The molecule has 0 bridgehead atoms. The van der Waals surface area contributed by atoms with Crippen molar-refractivity contribution >= 4 is 40.5 Å². The van der Waals surface area contributed by atoms with Gasteiger partial charge in [0.2, 0.25) is 28.4 Å². The van der Waals surface area contributed by atoms with Crippen molar-refractivity contribution in [3.63, 3.8) is 0 Å². The maximum atomic E-state index is 16.1.